The van der Waals surface area contributed by atoms with Gasteiger partial charge in [-0.15, -0.1) is 0 Å². The van der Waals surface area contributed by atoms with Crippen LogP contribution in [0.25, 0.3) is 0 Å². The van der Waals surface area contributed by atoms with Gasteiger partial charge in [-0.05, 0) is 20.8 Å². The molecule has 0 aromatic carbocycles. The van der Waals surface area contributed by atoms with Gasteiger partial charge in [-0.1, -0.05) is 5.16 Å². The SMILES string of the molecule is CC[P+](CC)(CC)CC(=NO)NC(N)=O. The van der Waals surface area contributed by atoms with Gasteiger partial charge in [-0.3, -0.25) is 5.32 Å². The van der Waals surface area contributed by atoms with Crippen LogP contribution in [0.1, 0.15) is 20.8 Å². The molecule has 0 aliphatic heterocycles. The number of nitrogens with zero attached hydrogens (tertiary/aromatic N) is 1. The average molecular weight is 234 g/mol. The standard InChI is InChI=1S/C9H20N3O2P/c1-4-15(5-2,6-3)7-8(12-14)11-9(10)13/h4-7H2,1-3H3,(H3-,10,11,12,13,14)/p+1. The van der Waals surface area contributed by atoms with E-state index in [-0.39, 0.29) is 0 Å². The Morgan fingerprint density at radius 2 is 1.80 bits per heavy atom. The summed E-state index contributed by atoms with van der Waals surface area (Å²) in [6, 6.07) is -0.677. The number of nitrogens with two attached hydrogens (primary N) is 1. The number of amidine groups is 1. The lowest BCUT2D eigenvalue weighted by Crippen LogP contribution is -2.38. The van der Waals surface area contributed by atoms with E-state index in [9.17, 15) is 4.79 Å². The summed E-state index contributed by atoms with van der Waals surface area (Å²) in [7, 11) is -1.13. The molecule has 0 saturated heterocycles. The zero-order valence-electron chi connectivity index (χ0n) is 9.66. The topological polar surface area (TPSA) is 87.7 Å². The summed E-state index contributed by atoms with van der Waals surface area (Å²) in [4.78, 5) is 10.7. The van der Waals surface area contributed by atoms with Gasteiger partial charge in [-0.2, -0.15) is 0 Å². The molecule has 0 rings (SSSR count). The molecule has 0 fully saturated rings. The zero-order chi connectivity index (χ0) is 11.9. The number of hydrogen-bond donors (Lipinski definition) is 3. The lowest BCUT2D eigenvalue weighted by molar-refractivity contribution is 0.252. The molecule has 6 heteroatoms. The van der Waals surface area contributed by atoms with Crippen LogP contribution < -0.4 is 11.1 Å². The van der Waals surface area contributed by atoms with E-state index in [4.69, 9.17) is 10.9 Å². The van der Waals surface area contributed by atoms with E-state index < -0.39 is 13.3 Å². The van der Waals surface area contributed by atoms with Gasteiger partial charge < -0.3 is 10.9 Å². The fourth-order valence-corrected chi connectivity index (χ4v) is 4.35. The Hall–Kier alpha value is -0.830. The van der Waals surface area contributed by atoms with E-state index >= 15 is 0 Å². The first-order chi connectivity index (χ1) is 7.03. The zero-order valence-corrected chi connectivity index (χ0v) is 10.6. The molecule has 0 aliphatic rings. The van der Waals surface area contributed by atoms with Gasteiger partial charge in [-0.25, -0.2) is 4.79 Å². The summed E-state index contributed by atoms with van der Waals surface area (Å²) in [6.07, 6.45) is 3.90. The fourth-order valence-electron chi connectivity index (χ4n) is 1.56. The van der Waals surface area contributed by atoms with Crippen LogP contribution >= 0.6 is 7.26 Å². The monoisotopic (exact) mass is 234 g/mol. The van der Waals surface area contributed by atoms with Gasteiger partial charge in [0.15, 0.2) is 5.84 Å². The number of primary amides is 1. The average Bonchev–Trinajstić information content (AvgIpc) is 2.24. The third kappa shape index (κ3) is 4.47. The molecule has 4 N–H and O–H groups in total. The molecular formula is C9H21N3O2P+. The van der Waals surface area contributed by atoms with Crippen molar-refractivity contribution in [1.29, 1.82) is 0 Å². The maximum Gasteiger partial charge on any atom is 0.317 e. The smallest absolute Gasteiger partial charge is 0.317 e. The molecule has 0 spiro atoms. The minimum absolute atomic E-state index is 0.293. The molecule has 0 radical (unpaired) electrons. The van der Waals surface area contributed by atoms with Crippen LogP contribution in [-0.4, -0.2) is 41.7 Å². The molecule has 0 heterocycles. The summed E-state index contributed by atoms with van der Waals surface area (Å²) in [5.74, 6) is 0.293. The molecule has 15 heavy (non-hydrogen) atoms. The summed E-state index contributed by atoms with van der Waals surface area (Å²) in [5, 5.41) is 14.2. The number of oxime groups is 1. The minimum atomic E-state index is -1.13. The number of urea groups is 1. The second-order valence-electron chi connectivity index (χ2n) is 3.48. The molecule has 2 amide bonds. The molecule has 0 aliphatic carbocycles. The number of nitrogens with one attached hydrogen (secondary N) is 1. The van der Waals surface area contributed by atoms with Crippen LogP contribution in [0.4, 0.5) is 4.79 Å². The number of carbonyl (C=O) groups is 1. The molecule has 5 nitrogen and oxygen atoms in total. The molecular weight excluding hydrogens is 213 g/mol. The van der Waals surface area contributed by atoms with Crippen molar-refractivity contribution >= 4 is 19.1 Å². The largest absolute Gasteiger partial charge is 0.409 e. The van der Waals surface area contributed by atoms with E-state index in [1.165, 1.54) is 0 Å². The summed E-state index contributed by atoms with van der Waals surface area (Å²) in [6.45, 7) is 6.42. The highest BCUT2D eigenvalue weighted by Crippen LogP contribution is 2.57. The molecule has 0 atom stereocenters. The Labute approximate surface area is 91.4 Å². The highest BCUT2D eigenvalue weighted by atomic mass is 31.2. The number of carbonyl (C=O) groups excluding carboxylic acids is 1. The molecule has 0 aromatic rings. The Morgan fingerprint density at radius 1 is 1.33 bits per heavy atom. The van der Waals surface area contributed by atoms with Gasteiger partial charge in [0.2, 0.25) is 0 Å². The van der Waals surface area contributed by atoms with E-state index in [0.717, 1.165) is 18.5 Å². The Bertz CT molecular complexity index is 231. The van der Waals surface area contributed by atoms with Crippen LogP contribution in [0.5, 0.6) is 0 Å². The quantitative estimate of drug-likeness (QED) is 0.221. The Morgan fingerprint density at radius 3 is 2.07 bits per heavy atom. The summed E-state index contributed by atoms with van der Waals surface area (Å²) in [5.41, 5.74) is 4.98. The minimum Gasteiger partial charge on any atom is -0.409 e. The third-order valence-corrected chi connectivity index (χ3v) is 7.88. The predicted molar refractivity (Wildman–Crippen MR) is 65.4 cm³/mol. The second kappa shape index (κ2) is 6.62. The maximum atomic E-state index is 10.7. The van der Waals surface area contributed by atoms with Crippen molar-refractivity contribution in [3.05, 3.63) is 0 Å². The first-order valence-corrected chi connectivity index (χ1v) is 7.69. The van der Waals surface area contributed by atoms with Gasteiger partial charge in [0.25, 0.3) is 0 Å². The van der Waals surface area contributed by atoms with Gasteiger partial charge in [0.1, 0.15) is 6.16 Å². The third-order valence-electron chi connectivity index (χ3n) is 2.89. The Kier molecular flexibility index (Phi) is 6.25. The first-order valence-electron chi connectivity index (χ1n) is 5.16. The van der Waals surface area contributed by atoms with E-state index in [1.54, 1.807) is 0 Å². The van der Waals surface area contributed by atoms with Gasteiger partial charge in [0, 0.05) is 7.26 Å². The van der Waals surface area contributed by atoms with Crippen LogP contribution in [0.2, 0.25) is 0 Å². The van der Waals surface area contributed by atoms with Crippen LogP contribution in [0, 0.1) is 0 Å². The molecule has 0 unspecified atom stereocenters. The number of rotatable bonds is 5. The van der Waals surface area contributed by atoms with Crippen LogP contribution in [0.15, 0.2) is 5.16 Å². The van der Waals surface area contributed by atoms with E-state index in [2.05, 4.69) is 31.2 Å². The van der Waals surface area contributed by atoms with E-state index in [1.807, 2.05) is 0 Å². The maximum absolute atomic E-state index is 10.7. The lowest BCUT2D eigenvalue weighted by Gasteiger charge is -2.23. The molecule has 0 bridgehead atoms. The van der Waals surface area contributed by atoms with Gasteiger partial charge in [0.05, 0.1) is 18.5 Å². The molecule has 88 valence electrons. The highest BCUT2D eigenvalue weighted by molar-refractivity contribution is 7.76. The fraction of sp³-hybridized carbons (Fsp3) is 0.778. The van der Waals surface area contributed by atoms with Crippen molar-refractivity contribution in [2.75, 3.05) is 24.6 Å². The van der Waals surface area contributed by atoms with E-state index in [0.29, 0.717) is 12.0 Å². The van der Waals surface area contributed by atoms with Crippen molar-refractivity contribution in [3.63, 3.8) is 0 Å². The summed E-state index contributed by atoms with van der Waals surface area (Å²) < 4.78 is 0. The van der Waals surface area contributed by atoms with Crippen LogP contribution in [-0.2, 0) is 0 Å². The van der Waals surface area contributed by atoms with Gasteiger partial charge >= 0.3 is 6.03 Å². The van der Waals surface area contributed by atoms with Crippen molar-refractivity contribution < 1.29 is 10.0 Å². The predicted octanol–water partition coefficient (Wildman–Crippen LogP) is 1.52. The first kappa shape index (κ1) is 14.2. The lowest BCUT2D eigenvalue weighted by atomic mass is 10.7. The van der Waals surface area contributed by atoms with Crippen molar-refractivity contribution in [2.45, 2.75) is 20.8 Å². The van der Waals surface area contributed by atoms with Crippen LogP contribution in [0.3, 0.4) is 0 Å². The number of amides is 2. The second-order valence-corrected chi connectivity index (χ2v) is 8.38. The summed E-state index contributed by atoms with van der Waals surface area (Å²) >= 11 is 0. The normalized spacial score (nSPS) is 12.6. The van der Waals surface area contributed by atoms with Crippen molar-refractivity contribution in [3.8, 4) is 0 Å². The van der Waals surface area contributed by atoms with Crippen molar-refractivity contribution in [1.82, 2.24) is 5.32 Å². The Balaban J connectivity index is 4.56. The number of hydrogen-bond acceptors (Lipinski definition) is 3. The molecule has 0 saturated carbocycles. The van der Waals surface area contributed by atoms with Crippen molar-refractivity contribution in [2.24, 2.45) is 10.9 Å². The molecule has 0 aromatic heterocycles. The highest BCUT2D eigenvalue weighted by Gasteiger charge is 2.33.